The van der Waals surface area contributed by atoms with Gasteiger partial charge in [-0.15, -0.1) is 0 Å². The number of fused-ring (bicyclic) bond motifs is 5. The van der Waals surface area contributed by atoms with Gasteiger partial charge < -0.3 is 24.1 Å². The van der Waals surface area contributed by atoms with E-state index in [-0.39, 0.29) is 0 Å². The summed E-state index contributed by atoms with van der Waals surface area (Å²) in [6, 6.07) is 0. The van der Waals surface area contributed by atoms with Crippen molar-refractivity contribution in [3.63, 3.8) is 0 Å². The molecule has 0 radical (unpaired) electrons. The molecule has 4 aliphatic carbocycles. The minimum Gasteiger partial charge on any atom is -0.370 e. The number of hydrogen-bond donors (Lipinski definition) is 1. The highest BCUT2D eigenvalue weighted by atomic mass is 16.8. The van der Waals surface area contributed by atoms with E-state index in [1.807, 2.05) is 46.7 Å². The number of ether oxygens (including phenoxy) is 4. The molecule has 0 bridgehead atoms. The van der Waals surface area contributed by atoms with Gasteiger partial charge in [0.05, 0.1) is 5.41 Å². The van der Waals surface area contributed by atoms with E-state index in [0.717, 1.165) is 30.6 Å². The van der Waals surface area contributed by atoms with Crippen LogP contribution >= 0.6 is 0 Å². The SMILES string of the molecule is CCOC1(OCC)C(O)(N(C)C)CC2=CC[C@H]3[C@@H]4CC[C@H]([C@H](C)CCCC(C)C)[C@@]4(C)CC[C@@H]3[C@@]2(C)C1(OCC)OCC. The Labute approximate surface area is 264 Å². The van der Waals surface area contributed by atoms with Crippen molar-refractivity contribution in [3.8, 4) is 0 Å². The molecule has 0 aliphatic heterocycles. The summed E-state index contributed by atoms with van der Waals surface area (Å²) in [5.74, 6) is 1.09. The van der Waals surface area contributed by atoms with Crippen molar-refractivity contribution in [2.75, 3.05) is 40.5 Å². The van der Waals surface area contributed by atoms with E-state index in [4.69, 9.17) is 18.9 Å². The molecule has 0 aromatic rings. The van der Waals surface area contributed by atoms with Gasteiger partial charge in [-0.1, -0.05) is 65.5 Å². The highest BCUT2D eigenvalue weighted by Gasteiger charge is 2.81. The van der Waals surface area contributed by atoms with E-state index in [0.29, 0.717) is 56.0 Å². The Morgan fingerprint density at radius 2 is 1.42 bits per heavy atom. The molecule has 8 atom stereocenters. The Morgan fingerprint density at radius 1 is 0.837 bits per heavy atom. The summed E-state index contributed by atoms with van der Waals surface area (Å²) < 4.78 is 27.4. The Kier molecular flexibility index (Phi) is 10.9. The molecule has 0 aromatic heterocycles. The second-order valence-corrected chi connectivity index (χ2v) is 15.4. The Bertz CT molecular complexity index is 953. The second-order valence-electron chi connectivity index (χ2n) is 15.4. The Morgan fingerprint density at radius 3 is 1.95 bits per heavy atom. The first-order chi connectivity index (χ1) is 20.3. The summed E-state index contributed by atoms with van der Waals surface area (Å²) in [5, 5.41) is 12.7. The zero-order valence-electron chi connectivity index (χ0n) is 29.8. The zero-order chi connectivity index (χ0) is 31.8. The second kappa shape index (κ2) is 13.3. The highest BCUT2D eigenvalue weighted by Crippen LogP contribution is 2.72. The van der Waals surface area contributed by atoms with Crippen LogP contribution in [0.4, 0.5) is 0 Å². The van der Waals surface area contributed by atoms with Crippen LogP contribution < -0.4 is 0 Å². The van der Waals surface area contributed by atoms with Crippen molar-refractivity contribution < 1.29 is 24.1 Å². The van der Waals surface area contributed by atoms with Gasteiger partial charge in [-0.3, -0.25) is 4.90 Å². The van der Waals surface area contributed by atoms with Crippen molar-refractivity contribution in [2.24, 2.45) is 46.3 Å². The predicted molar refractivity (Wildman–Crippen MR) is 174 cm³/mol. The van der Waals surface area contributed by atoms with Crippen molar-refractivity contribution >= 4 is 0 Å². The van der Waals surface area contributed by atoms with Crippen LogP contribution in [0, 0.1) is 46.3 Å². The lowest BCUT2D eigenvalue weighted by molar-refractivity contribution is -0.504. The summed E-state index contributed by atoms with van der Waals surface area (Å²) in [4.78, 5) is 1.86. The minimum atomic E-state index is -1.53. The zero-order valence-corrected chi connectivity index (χ0v) is 29.8. The Balaban J connectivity index is 1.82. The lowest BCUT2D eigenvalue weighted by atomic mass is 9.44. The van der Waals surface area contributed by atoms with Gasteiger partial charge in [-0.2, -0.15) is 0 Å². The van der Waals surface area contributed by atoms with E-state index in [9.17, 15) is 5.11 Å². The monoisotopic (exact) mass is 606 g/mol. The van der Waals surface area contributed by atoms with Gasteiger partial charge in [0.2, 0.25) is 5.79 Å². The van der Waals surface area contributed by atoms with Crippen LogP contribution in [0.2, 0.25) is 0 Å². The van der Waals surface area contributed by atoms with Crippen LogP contribution in [0.3, 0.4) is 0 Å². The molecule has 1 N–H and O–H groups in total. The van der Waals surface area contributed by atoms with E-state index < -0.39 is 22.7 Å². The largest absolute Gasteiger partial charge is 0.370 e. The summed E-state index contributed by atoms with van der Waals surface area (Å²) >= 11 is 0. The van der Waals surface area contributed by atoms with E-state index in [2.05, 4.69) is 40.7 Å². The predicted octanol–water partition coefficient (Wildman–Crippen LogP) is 8.04. The fraction of sp³-hybridized carbons (Fsp3) is 0.946. The van der Waals surface area contributed by atoms with E-state index >= 15 is 0 Å². The maximum Gasteiger partial charge on any atom is 0.269 e. The molecule has 6 heteroatoms. The molecule has 3 fully saturated rings. The van der Waals surface area contributed by atoms with Crippen LogP contribution in [0.5, 0.6) is 0 Å². The quantitative estimate of drug-likeness (QED) is 0.160. The topological polar surface area (TPSA) is 60.4 Å². The first kappa shape index (κ1) is 35.4. The molecule has 0 spiro atoms. The van der Waals surface area contributed by atoms with Crippen LogP contribution in [0.1, 0.15) is 120 Å². The van der Waals surface area contributed by atoms with Gasteiger partial charge in [-0.25, -0.2) is 0 Å². The van der Waals surface area contributed by atoms with Gasteiger partial charge in [0.25, 0.3) is 5.79 Å². The number of hydrogen-bond acceptors (Lipinski definition) is 6. The molecule has 0 saturated heterocycles. The van der Waals surface area contributed by atoms with Crippen molar-refractivity contribution in [1.29, 1.82) is 0 Å². The molecule has 1 unspecified atom stereocenters. The molecular formula is C37H67NO5. The average Bonchev–Trinajstić information content (AvgIpc) is 3.30. The summed E-state index contributed by atoms with van der Waals surface area (Å²) in [7, 11) is 3.83. The third-order valence-electron chi connectivity index (χ3n) is 12.9. The number of allylic oxidation sites excluding steroid dienone is 1. The van der Waals surface area contributed by atoms with E-state index in [1.54, 1.807) is 0 Å². The van der Waals surface area contributed by atoms with Gasteiger partial charge in [0.15, 0.2) is 5.72 Å². The number of aliphatic hydroxyl groups is 1. The van der Waals surface area contributed by atoms with E-state index in [1.165, 1.54) is 44.1 Å². The van der Waals surface area contributed by atoms with Crippen molar-refractivity contribution in [1.82, 2.24) is 4.90 Å². The molecule has 0 amide bonds. The summed E-state index contributed by atoms with van der Waals surface area (Å²) in [6.07, 6.45) is 13.1. The smallest absolute Gasteiger partial charge is 0.269 e. The third kappa shape index (κ3) is 5.21. The van der Waals surface area contributed by atoms with Crippen molar-refractivity contribution in [2.45, 2.75) is 137 Å². The lowest BCUT2D eigenvalue weighted by Gasteiger charge is -2.70. The summed E-state index contributed by atoms with van der Waals surface area (Å²) in [6.45, 7) is 21.9. The normalized spacial score (nSPS) is 38.9. The van der Waals surface area contributed by atoms with Gasteiger partial charge in [-0.05, 0) is 115 Å². The minimum absolute atomic E-state index is 0.352. The summed E-state index contributed by atoms with van der Waals surface area (Å²) in [5.41, 5.74) is -0.386. The standard InChI is InChI=1S/C37H67NO5/c1-12-40-36(41-13-2)34(9)28(25-35(39,38(10)11)37(36,42-14-3)43-15-4)19-20-29-31-22-21-30(27(7)18-16-17-26(5)6)33(31,8)24-23-32(29)34/h19,26-27,29-32,39H,12-18,20-25H2,1-11H3/t27-,29+,30-,31+,32+,33-,34+,35?/m1/s1. The number of likely N-dealkylation sites (N-methyl/N-ethyl adjacent to an activating group) is 1. The van der Waals surface area contributed by atoms with Crippen LogP contribution in [-0.2, 0) is 18.9 Å². The maximum absolute atomic E-state index is 12.7. The molecule has 4 aliphatic rings. The van der Waals surface area contributed by atoms with Gasteiger partial charge in [0, 0.05) is 32.8 Å². The molecule has 43 heavy (non-hydrogen) atoms. The fourth-order valence-electron chi connectivity index (χ4n) is 11.0. The molecule has 3 saturated carbocycles. The molecule has 4 rings (SSSR count). The molecule has 250 valence electrons. The van der Waals surface area contributed by atoms with Crippen LogP contribution in [-0.4, -0.2) is 67.8 Å². The first-order valence-corrected chi connectivity index (χ1v) is 17.9. The molecular weight excluding hydrogens is 538 g/mol. The van der Waals surface area contributed by atoms with Crippen LogP contribution in [0.15, 0.2) is 11.6 Å². The Hall–Kier alpha value is -0.500. The molecule has 6 nitrogen and oxygen atoms in total. The fourth-order valence-corrected chi connectivity index (χ4v) is 11.0. The molecule has 0 aromatic carbocycles. The third-order valence-corrected chi connectivity index (χ3v) is 12.9. The van der Waals surface area contributed by atoms with Gasteiger partial charge in [0.1, 0.15) is 0 Å². The maximum atomic E-state index is 12.7. The molecule has 0 heterocycles. The average molecular weight is 606 g/mol. The first-order valence-electron chi connectivity index (χ1n) is 17.9. The number of rotatable bonds is 14. The van der Waals surface area contributed by atoms with Gasteiger partial charge >= 0.3 is 0 Å². The number of nitrogens with zero attached hydrogens (tertiary/aromatic N) is 1. The van der Waals surface area contributed by atoms with Crippen LogP contribution in [0.25, 0.3) is 0 Å². The van der Waals surface area contributed by atoms with Crippen molar-refractivity contribution in [3.05, 3.63) is 11.6 Å². The lowest BCUT2D eigenvalue weighted by Crippen LogP contribution is -2.84. The highest BCUT2D eigenvalue weighted by molar-refractivity contribution is 5.36.